The number of ketones is 3. The summed E-state index contributed by atoms with van der Waals surface area (Å²) in [7, 11) is 4.64. The van der Waals surface area contributed by atoms with Crippen LogP contribution in [0.1, 0.15) is 157 Å². The highest BCUT2D eigenvalue weighted by Gasteiger charge is 2.53. The molecule has 10 heterocycles. The maximum Gasteiger partial charge on any atom is 0.329 e. The third kappa shape index (κ3) is 25.4. The average molecular weight is 1840 g/mol. The molecule has 2 bridgehead atoms. The summed E-state index contributed by atoms with van der Waals surface area (Å²) in [5.74, 6) is -7.77. The molecule has 16 atom stereocenters. The van der Waals surface area contributed by atoms with Gasteiger partial charge in [0.1, 0.15) is 53.5 Å². The van der Waals surface area contributed by atoms with E-state index in [2.05, 4.69) is 56.8 Å². The molecular weight excluding hydrogens is 1710 g/mol. The number of nitrogen functional groups attached to an aromatic ring is 2. The number of amides is 2. The lowest BCUT2D eigenvalue weighted by Crippen LogP contribution is -2.61. The van der Waals surface area contributed by atoms with E-state index < -0.39 is 83.7 Å². The molecule has 0 spiro atoms. The Morgan fingerprint density at radius 2 is 1.56 bits per heavy atom. The minimum Gasteiger partial charge on any atom is -0.460 e. The third-order valence-corrected chi connectivity index (χ3v) is 26.6. The maximum atomic E-state index is 15.0. The van der Waals surface area contributed by atoms with Crippen LogP contribution in [0.3, 0.4) is 0 Å². The van der Waals surface area contributed by atoms with Crippen LogP contribution >= 0.6 is 0 Å². The second-order valence-electron chi connectivity index (χ2n) is 36.1. The molecule has 37 heteroatoms. The van der Waals surface area contributed by atoms with Gasteiger partial charge in [-0.3, -0.25) is 28.9 Å². The van der Waals surface area contributed by atoms with Crippen LogP contribution < -0.4 is 21.7 Å². The predicted molar refractivity (Wildman–Crippen MR) is 495 cm³/mol. The van der Waals surface area contributed by atoms with E-state index in [1.54, 1.807) is 75.1 Å². The van der Waals surface area contributed by atoms with Crippen molar-refractivity contribution in [3.05, 3.63) is 127 Å². The van der Waals surface area contributed by atoms with Crippen molar-refractivity contribution in [1.82, 2.24) is 79.8 Å². The number of piperazine rings is 1. The Labute approximate surface area is 775 Å². The highest BCUT2D eigenvalue weighted by atomic mass is 16.6. The number of carbonyl (C=O) groups excluding carboxylic acids is 6. The number of fused-ring (bicyclic) bond motifs is 5. The molecular formula is C96H131N19O18. The molecule has 1 saturated carbocycles. The molecule has 2 aromatic carbocycles. The molecule has 5 aliphatic rings. The number of rotatable bonds is 31. The Hall–Kier alpha value is -10.8. The summed E-state index contributed by atoms with van der Waals surface area (Å²) in [5.41, 5.74) is 20.5. The number of hydrogen-bond donors (Lipinski definition) is 6. The number of hydrogen-bond acceptors (Lipinski definition) is 32. The largest absolute Gasteiger partial charge is 0.460 e. The monoisotopic (exact) mass is 1840 g/mol. The number of nitrogens with zero attached hydrogens (tertiary/aromatic N) is 16. The van der Waals surface area contributed by atoms with Crippen molar-refractivity contribution in [3.8, 4) is 33.6 Å². The van der Waals surface area contributed by atoms with Gasteiger partial charge in [0.15, 0.2) is 17.0 Å². The van der Waals surface area contributed by atoms with Gasteiger partial charge < -0.3 is 84.2 Å². The molecule has 1 unspecified atom stereocenters. The van der Waals surface area contributed by atoms with Crippen molar-refractivity contribution in [2.24, 2.45) is 35.5 Å². The number of allylic oxidation sites excluding steroid dienone is 6. The van der Waals surface area contributed by atoms with Gasteiger partial charge in [0.05, 0.1) is 106 Å². The molecule has 133 heavy (non-hydrogen) atoms. The van der Waals surface area contributed by atoms with Gasteiger partial charge in [-0.05, 0) is 150 Å². The van der Waals surface area contributed by atoms with Gasteiger partial charge >= 0.3 is 5.97 Å². The van der Waals surface area contributed by atoms with Gasteiger partial charge in [-0.15, -0.1) is 10.2 Å². The molecule has 8 N–H and O–H groups in total. The van der Waals surface area contributed by atoms with Gasteiger partial charge in [0.25, 0.3) is 17.7 Å². The van der Waals surface area contributed by atoms with E-state index in [1.165, 1.54) is 18.3 Å². The zero-order valence-electron chi connectivity index (χ0n) is 78.0. The van der Waals surface area contributed by atoms with Crippen LogP contribution in [0.5, 0.6) is 0 Å². The number of aryl methyl sites for hydroxylation is 1. The number of aromatic nitrogens is 13. The highest BCUT2D eigenvalue weighted by molar-refractivity contribution is 6.39. The fourth-order valence-corrected chi connectivity index (χ4v) is 18.8. The van der Waals surface area contributed by atoms with Crippen LogP contribution in [0.2, 0.25) is 0 Å². The number of nitrogens with two attached hydrogens (primary N) is 2. The highest BCUT2D eigenvalue weighted by Crippen LogP contribution is 2.43. The Balaban J connectivity index is 0.557. The quantitative estimate of drug-likeness (QED) is 0.0102. The lowest BCUT2D eigenvalue weighted by Gasteiger charge is -2.42. The number of benzene rings is 2. The SMILES string of the molecule is CO[C@H]1C[C@@H]2CC[C@@H](C)[C@@](O)(O2)C(=O)C(=O)N2CCCC[C@H]2C(=O)O[C@H]([C@H](C)C[C@@H]2CC[C@H](n3nncc3-c3cccc(-c4cnc(N5CCN(Cc6cn(CCOCCOCCOCCC(=O)NCCCCn7nc(-c8ccc9oc(N)nc9c8)c8c(N)ncnc87)nn6)C(CO)C5)nc4)c3)[C@H](OC)C2)CC(=O)[C@H](C)/C=C(\C)[C@@H](O)[C@@H](OC)C(=O)[C@H](C)C[C@H](C)/C=C/C=C/C=C/1C. The smallest absolute Gasteiger partial charge is 0.329 e. The molecule has 0 radical (unpaired) electrons. The summed E-state index contributed by atoms with van der Waals surface area (Å²) >= 11 is 0. The van der Waals surface area contributed by atoms with Crippen molar-refractivity contribution >= 4 is 75.0 Å². The number of methoxy groups -OCH3 is 3. The number of nitrogens with one attached hydrogen (secondary N) is 1. The minimum absolute atomic E-state index is 0.0201. The van der Waals surface area contributed by atoms with Gasteiger partial charge in [0.2, 0.25) is 17.6 Å². The number of piperidine rings is 1. The number of aliphatic hydroxyl groups is 3. The van der Waals surface area contributed by atoms with E-state index in [4.69, 9.17) is 68.8 Å². The van der Waals surface area contributed by atoms with Crippen LogP contribution in [0.4, 0.5) is 17.8 Å². The van der Waals surface area contributed by atoms with Crippen LogP contribution in [0.15, 0.2) is 126 Å². The summed E-state index contributed by atoms with van der Waals surface area (Å²) in [4.78, 5) is 114. The lowest BCUT2D eigenvalue weighted by molar-refractivity contribution is -0.265. The Morgan fingerprint density at radius 3 is 2.33 bits per heavy atom. The molecule has 6 aromatic heterocycles. The van der Waals surface area contributed by atoms with Gasteiger partial charge in [-0.2, -0.15) is 10.1 Å². The van der Waals surface area contributed by atoms with Crippen molar-refractivity contribution in [3.63, 3.8) is 0 Å². The zero-order chi connectivity index (χ0) is 94.4. The molecule has 2 amide bonds. The minimum atomic E-state index is -2.49. The summed E-state index contributed by atoms with van der Waals surface area (Å²) in [5, 5.41) is 61.0. The normalized spacial score (nSPS) is 27.2. The fourth-order valence-electron chi connectivity index (χ4n) is 18.8. The van der Waals surface area contributed by atoms with Crippen molar-refractivity contribution in [2.45, 2.75) is 225 Å². The number of anilines is 3. The topological polar surface area (TPSA) is 468 Å². The molecule has 4 aliphatic heterocycles. The van der Waals surface area contributed by atoms with Crippen LogP contribution in [0, 0.1) is 35.5 Å². The van der Waals surface area contributed by atoms with Gasteiger partial charge in [-0.1, -0.05) is 99.7 Å². The lowest BCUT2D eigenvalue weighted by atomic mass is 9.77. The zero-order valence-corrected chi connectivity index (χ0v) is 78.0. The number of ether oxygens (including phenoxy) is 8. The number of unbranched alkanes of at least 4 members (excludes halogenated alkanes) is 1. The third-order valence-electron chi connectivity index (χ3n) is 26.6. The van der Waals surface area contributed by atoms with Crippen molar-refractivity contribution < 1.29 is 86.4 Å². The van der Waals surface area contributed by atoms with Gasteiger partial charge in [-0.25, -0.2) is 38.8 Å². The summed E-state index contributed by atoms with van der Waals surface area (Å²) in [6.07, 6.45) is 21.6. The molecule has 13 rings (SSSR count). The first-order valence-electron chi connectivity index (χ1n) is 46.7. The molecule has 8 aromatic rings. The van der Waals surface area contributed by atoms with Crippen LogP contribution in [-0.4, -0.2) is 280 Å². The van der Waals surface area contributed by atoms with Crippen molar-refractivity contribution in [2.75, 3.05) is 117 Å². The number of Topliss-reactive ketones (excluding diaryl/α,β-unsaturated/α-hetero) is 3. The average Bonchev–Trinajstić information content (AvgIpc) is 1.74. The van der Waals surface area contributed by atoms with Gasteiger partial charge in [0, 0.05) is 139 Å². The van der Waals surface area contributed by atoms with Crippen molar-refractivity contribution in [1.29, 1.82) is 0 Å². The first-order chi connectivity index (χ1) is 64.2. The van der Waals surface area contributed by atoms with E-state index in [0.29, 0.717) is 182 Å². The first-order valence-corrected chi connectivity index (χ1v) is 46.7. The first kappa shape index (κ1) is 99.6. The molecule has 1 aliphatic carbocycles. The Morgan fingerprint density at radius 1 is 0.774 bits per heavy atom. The van der Waals surface area contributed by atoms with E-state index in [1.807, 2.05) is 99.3 Å². The number of cyclic esters (lactones) is 1. The Bertz CT molecular complexity index is 5360. The summed E-state index contributed by atoms with van der Waals surface area (Å²) in [6.45, 7) is 18.5. The number of carbonyl (C=O) groups is 6. The number of esters is 1. The molecule has 3 saturated heterocycles. The standard InChI is InChI=1S/C96H131N19O18/c1-59-19-12-11-13-20-60(2)80(125-8)49-73-27-24-65(7)96(124,133-73)89(121)92(122)113-32-16-14-23-76(113)93(123)131-81(50-78(117)61(3)44-64(6)87(120)88(127-10)86(119)63(5)43-59)62(4)45-66-25-28-75(82(46-66)126-9)115-77(53-104-108-115)68-22-18-21-67(47-68)70-51-100-95(101-52-70)111-35-34-110(72(56-111)57-116)54-71-55-112(109-106-71)36-38-129-40-42-130-41-39-128-37-30-83(118)99-31-15-17-33-114-91-84(90(97)102-58-103-91)85(107-114)69-26-29-79-74(48-69)105-94(98)132-79/h11-13,18-22,26,29,44,47-48,51-53,55,58-59,61-63,65-66,72-73,75-76,80-82,87-88,116,120,124H,14-17,23-25,27-28,30-43,45-46,49-50,54,56-57H2,1-10H3,(H2,98,105)(H,99,118)(H2,97,102,103)/b13-11+,19-12+,60-20+,64-44+/t59-,61-,62-,63-,65-,66+,72?,73+,75+,76+,80+,81+,82-,87-,88+,96-/m1/s1. The fraction of sp³-hybridized carbons (Fsp3) is 0.583. The molecule has 4 fully saturated rings. The molecule has 37 nitrogen and oxygen atoms in total. The Kier molecular flexibility index (Phi) is 35.5. The van der Waals surface area contributed by atoms with E-state index in [0.717, 1.165) is 52.1 Å². The number of aliphatic hydroxyl groups excluding tert-OH is 2. The van der Waals surface area contributed by atoms with Crippen LogP contribution in [-0.2, 0) is 86.3 Å². The molecule has 718 valence electrons. The predicted octanol–water partition coefficient (Wildman–Crippen LogP) is 9.20. The summed E-state index contributed by atoms with van der Waals surface area (Å²) < 4.78 is 58.8. The summed E-state index contributed by atoms with van der Waals surface area (Å²) in [6, 6.07) is 11.9. The van der Waals surface area contributed by atoms with E-state index >= 15 is 0 Å². The van der Waals surface area contributed by atoms with E-state index in [9.17, 15) is 44.1 Å². The maximum absolute atomic E-state index is 15.0. The van der Waals surface area contributed by atoms with E-state index in [-0.39, 0.29) is 99.0 Å². The second-order valence-corrected chi connectivity index (χ2v) is 36.1. The second kappa shape index (κ2) is 47.4. The van der Waals surface area contributed by atoms with Crippen LogP contribution in [0.25, 0.3) is 55.8 Å². The number of oxazole rings is 1.